The molecule has 1 aromatic carbocycles. The van der Waals surface area contributed by atoms with Gasteiger partial charge in [0.2, 0.25) is 11.7 Å². The van der Waals surface area contributed by atoms with Gasteiger partial charge in [-0.3, -0.25) is 0 Å². The number of nitrogens with two attached hydrogens (primary N) is 1. The Kier molecular flexibility index (Phi) is 4.49. The fraction of sp³-hybridized carbons (Fsp3) is 0.429. The third-order valence-electron chi connectivity index (χ3n) is 3.03. The number of hydrogen-bond donors (Lipinski definition) is 2. The van der Waals surface area contributed by atoms with Crippen LogP contribution in [0.2, 0.25) is 0 Å². The van der Waals surface area contributed by atoms with E-state index in [0.29, 0.717) is 11.7 Å². The molecule has 1 heterocycles. The average molecular weight is 277 g/mol. The third-order valence-corrected chi connectivity index (χ3v) is 3.03. The first-order valence-corrected chi connectivity index (χ1v) is 6.38. The summed E-state index contributed by atoms with van der Waals surface area (Å²) >= 11 is 0. The Morgan fingerprint density at radius 2 is 2.10 bits per heavy atom. The van der Waals surface area contributed by atoms with Crippen molar-refractivity contribution < 1.29 is 14.4 Å². The van der Waals surface area contributed by atoms with Crippen LogP contribution in [0.25, 0.3) is 0 Å². The summed E-state index contributed by atoms with van der Waals surface area (Å²) in [5.74, 6) is 0.773. The van der Waals surface area contributed by atoms with Crippen LogP contribution in [-0.4, -0.2) is 34.5 Å². The number of nitrogens with zero attached hydrogens (tertiary/aromatic N) is 2. The average Bonchev–Trinajstić information content (AvgIpc) is 2.88. The maximum Gasteiger partial charge on any atom is 0.229 e. The molecule has 3 N–H and O–H groups in total. The van der Waals surface area contributed by atoms with Crippen molar-refractivity contribution in [3.63, 3.8) is 0 Å². The zero-order valence-electron chi connectivity index (χ0n) is 11.6. The normalized spacial score (nSPS) is 15.8. The molecule has 0 bridgehead atoms. The van der Waals surface area contributed by atoms with Crippen molar-refractivity contribution in [1.82, 2.24) is 10.1 Å². The van der Waals surface area contributed by atoms with Gasteiger partial charge in [0.25, 0.3) is 0 Å². The smallest absolute Gasteiger partial charge is 0.229 e. The second-order valence-electron chi connectivity index (χ2n) is 4.95. The van der Waals surface area contributed by atoms with E-state index < -0.39 is 11.7 Å². The van der Waals surface area contributed by atoms with Gasteiger partial charge in [-0.1, -0.05) is 35.5 Å². The predicted octanol–water partition coefficient (Wildman–Crippen LogP) is 1.06. The van der Waals surface area contributed by atoms with E-state index in [0.717, 1.165) is 5.56 Å². The quantitative estimate of drug-likeness (QED) is 0.819. The van der Waals surface area contributed by atoms with Crippen molar-refractivity contribution in [2.24, 2.45) is 5.73 Å². The largest absolute Gasteiger partial charge is 0.388 e. The molecule has 108 valence electrons. The summed E-state index contributed by atoms with van der Waals surface area (Å²) in [6.45, 7) is 1.75. The van der Waals surface area contributed by atoms with E-state index in [1.165, 1.54) is 0 Å². The van der Waals surface area contributed by atoms with Gasteiger partial charge in [-0.2, -0.15) is 4.98 Å². The highest BCUT2D eigenvalue weighted by Gasteiger charge is 2.25. The minimum atomic E-state index is -1.06. The van der Waals surface area contributed by atoms with Crippen LogP contribution in [0.15, 0.2) is 34.9 Å². The van der Waals surface area contributed by atoms with E-state index in [-0.39, 0.29) is 13.0 Å². The first-order valence-electron chi connectivity index (χ1n) is 6.38. The van der Waals surface area contributed by atoms with Crippen LogP contribution >= 0.6 is 0 Å². The molecule has 2 aromatic rings. The molecule has 0 aliphatic rings. The second-order valence-corrected chi connectivity index (χ2v) is 4.95. The van der Waals surface area contributed by atoms with Crippen molar-refractivity contribution >= 4 is 0 Å². The lowest BCUT2D eigenvalue weighted by molar-refractivity contribution is 0.0610. The lowest BCUT2D eigenvalue weighted by atomic mass is 10.0. The molecule has 0 spiro atoms. The summed E-state index contributed by atoms with van der Waals surface area (Å²) in [5.41, 5.74) is 5.35. The summed E-state index contributed by atoms with van der Waals surface area (Å²) in [5, 5.41) is 13.8. The van der Waals surface area contributed by atoms with E-state index in [2.05, 4.69) is 10.1 Å². The Labute approximate surface area is 117 Å². The van der Waals surface area contributed by atoms with Crippen LogP contribution in [0.3, 0.4) is 0 Å². The Morgan fingerprint density at radius 1 is 1.40 bits per heavy atom. The lowest BCUT2D eigenvalue weighted by Gasteiger charge is -2.17. The molecule has 1 aromatic heterocycles. The van der Waals surface area contributed by atoms with Crippen LogP contribution in [0.4, 0.5) is 0 Å². The van der Waals surface area contributed by atoms with Gasteiger partial charge in [0.15, 0.2) is 0 Å². The van der Waals surface area contributed by atoms with Gasteiger partial charge in [-0.25, -0.2) is 0 Å². The molecule has 0 saturated carbocycles. The lowest BCUT2D eigenvalue weighted by Crippen LogP contribution is -2.36. The maximum atomic E-state index is 9.91. The van der Waals surface area contributed by atoms with E-state index >= 15 is 0 Å². The molecule has 0 radical (unpaired) electrons. The van der Waals surface area contributed by atoms with Gasteiger partial charge < -0.3 is 20.1 Å². The third kappa shape index (κ3) is 3.41. The van der Waals surface area contributed by atoms with Crippen LogP contribution in [0.1, 0.15) is 30.3 Å². The van der Waals surface area contributed by atoms with Crippen LogP contribution in [-0.2, 0) is 11.2 Å². The van der Waals surface area contributed by atoms with E-state index in [1.54, 1.807) is 14.0 Å². The highest BCUT2D eigenvalue weighted by Crippen LogP contribution is 2.23. The number of aliphatic hydroxyl groups is 1. The van der Waals surface area contributed by atoms with Gasteiger partial charge in [0.05, 0.1) is 12.0 Å². The number of methoxy groups -OCH3 is 1. The minimum Gasteiger partial charge on any atom is -0.388 e. The minimum absolute atomic E-state index is 0.122. The van der Waals surface area contributed by atoms with Crippen molar-refractivity contribution in [3.05, 3.63) is 47.6 Å². The monoisotopic (exact) mass is 277 g/mol. The molecule has 0 aliphatic carbocycles. The molecule has 0 saturated heterocycles. The number of rotatable bonds is 6. The predicted molar refractivity (Wildman–Crippen MR) is 73.0 cm³/mol. The Balaban J connectivity index is 2.19. The molecular weight excluding hydrogens is 258 g/mol. The number of benzene rings is 1. The molecule has 0 amide bonds. The second kappa shape index (κ2) is 6.13. The first-order chi connectivity index (χ1) is 9.55. The Morgan fingerprint density at radius 3 is 2.70 bits per heavy atom. The first kappa shape index (κ1) is 14.6. The van der Waals surface area contributed by atoms with E-state index in [9.17, 15) is 5.11 Å². The topological polar surface area (TPSA) is 94.4 Å². The Hall–Kier alpha value is -1.76. The fourth-order valence-electron chi connectivity index (χ4n) is 1.86. The van der Waals surface area contributed by atoms with Crippen molar-refractivity contribution in [3.8, 4) is 0 Å². The molecule has 0 aliphatic heterocycles. The van der Waals surface area contributed by atoms with Gasteiger partial charge in [-0.15, -0.1) is 0 Å². The van der Waals surface area contributed by atoms with Gasteiger partial charge in [-0.05, 0) is 12.5 Å². The summed E-state index contributed by atoms with van der Waals surface area (Å²) in [4.78, 5) is 4.27. The van der Waals surface area contributed by atoms with Crippen LogP contribution in [0.5, 0.6) is 0 Å². The standard InChI is InChI=1S/C14H19N3O3/c1-14(18,9-15)8-11-16-13(17-20-11)12(19-2)10-6-4-3-5-7-10/h3-7,12,18H,8-9,15H2,1-2H3. The molecular formula is C14H19N3O3. The van der Waals surface area contributed by atoms with Crippen molar-refractivity contribution in [1.29, 1.82) is 0 Å². The highest BCUT2D eigenvalue weighted by molar-refractivity contribution is 5.22. The molecule has 2 atom stereocenters. The number of aromatic nitrogens is 2. The molecule has 6 heteroatoms. The molecule has 2 unspecified atom stereocenters. The van der Waals surface area contributed by atoms with Crippen LogP contribution < -0.4 is 5.73 Å². The fourth-order valence-corrected chi connectivity index (χ4v) is 1.86. The van der Waals surface area contributed by atoms with Crippen molar-refractivity contribution in [2.45, 2.75) is 25.0 Å². The molecule has 0 fully saturated rings. The van der Waals surface area contributed by atoms with Crippen molar-refractivity contribution in [2.75, 3.05) is 13.7 Å². The SMILES string of the molecule is COC(c1ccccc1)c1noc(CC(C)(O)CN)n1. The van der Waals surface area contributed by atoms with E-state index in [1.807, 2.05) is 30.3 Å². The highest BCUT2D eigenvalue weighted by atomic mass is 16.5. The van der Waals surface area contributed by atoms with Gasteiger partial charge >= 0.3 is 0 Å². The summed E-state index contributed by atoms with van der Waals surface area (Å²) in [6.07, 6.45) is -0.182. The zero-order valence-corrected chi connectivity index (χ0v) is 11.6. The molecule has 6 nitrogen and oxygen atoms in total. The maximum absolute atomic E-state index is 9.91. The summed E-state index contributed by atoms with van der Waals surface area (Å²) < 4.78 is 10.6. The molecule has 20 heavy (non-hydrogen) atoms. The summed E-state index contributed by atoms with van der Waals surface area (Å²) in [7, 11) is 1.59. The van der Waals surface area contributed by atoms with Gasteiger partial charge in [0.1, 0.15) is 6.10 Å². The number of ether oxygens (including phenoxy) is 1. The Bertz CT molecular complexity index is 540. The van der Waals surface area contributed by atoms with Crippen LogP contribution in [0, 0.1) is 0 Å². The molecule has 2 rings (SSSR count). The van der Waals surface area contributed by atoms with E-state index in [4.69, 9.17) is 15.0 Å². The number of hydrogen-bond acceptors (Lipinski definition) is 6. The zero-order chi connectivity index (χ0) is 14.6. The van der Waals surface area contributed by atoms with Gasteiger partial charge in [0, 0.05) is 13.7 Å². The summed E-state index contributed by atoms with van der Waals surface area (Å²) in [6, 6.07) is 9.62.